The summed E-state index contributed by atoms with van der Waals surface area (Å²) in [5.41, 5.74) is 0. The third-order valence-corrected chi connectivity index (χ3v) is 5.94. The molecule has 3 atom stereocenters. The zero-order valence-corrected chi connectivity index (χ0v) is 20.4. The zero-order valence-electron chi connectivity index (χ0n) is 20.4. The van der Waals surface area contributed by atoms with Gasteiger partial charge in [0.2, 0.25) is 0 Å². The van der Waals surface area contributed by atoms with Crippen molar-refractivity contribution in [2.24, 2.45) is 37.0 Å². The Kier molecular flexibility index (Phi) is 7.74. The van der Waals surface area contributed by atoms with Crippen molar-refractivity contribution in [3.05, 3.63) is 17.5 Å². The van der Waals surface area contributed by atoms with Crippen molar-refractivity contribution < 1.29 is 0 Å². The van der Waals surface area contributed by atoms with Crippen LogP contribution in [0, 0.1) is 0 Å². The van der Waals surface area contributed by atoms with Crippen molar-refractivity contribution in [1.29, 1.82) is 0 Å². The fraction of sp³-hybridized carbons (Fsp3) is 0.348. The summed E-state index contributed by atoms with van der Waals surface area (Å²) in [6.45, 7) is 25.7. The summed E-state index contributed by atoms with van der Waals surface area (Å²) >= 11 is 0. The summed E-state index contributed by atoms with van der Waals surface area (Å²) in [5.74, 6) is 5.07. The van der Waals surface area contributed by atoms with Crippen molar-refractivity contribution in [2.45, 2.75) is 44.4 Å². The number of nitrogens with one attached hydrogen (secondary N) is 2. The van der Waals surface area contributed by atoms with E-state index in [1.165, 1.54) is 0 Å². The van der Waals surface area contributed by atoms with E-state index in [-0.39, 0.29) is 17.8 Å². The zero-order chi connectivity index (χ0) is 25.7. The second-order valence-electron chi connectivity index (χ2n) is 8.18. The molecule has 0 bridgehead atoms. The first-order valence-electron chi connectivity index (χ1n) is 10.9. The van der Waals surface area contributed by atoms with Crippen LogP contribution in [0.15, 0.2) is 30.0 Å². The van der Waals surface area contributed by atoms with Gasteiger partial charge < -0.3 is 14.5 Å². The molecule has 12 heteroatoms. The van der Waals surface area contributed by atoms with Crippen LogP contribution in [-0.4, -0.2) is 69.8 Å². The Labute approximate surface area is 204 Å². The number of imidazole rings is 3. The first-order chi connectivity index (χ1) is 16.8. The summed E-state index contributed by atoms with van der Waals surface area (Å²) in [4.78, 5) is 44.1. The van der Waals surface area contributed by atoms with Crippen LogP contribution in [0.25, 0.3) is 0 Å². The molecule has 2 N–H and O–H groups in total. The van der Waals surface area contributed by atoms with E-state index in [9.17, 15) is 0 Å². The van der Waals surface area contributed by atoms with Gasteiger partial charge in [0.25, 0.3) is 0 Å². The maximum atomic E-state index is 4.64. The highest BCUT2D eigenvalue weighted by Gasteiger charge is 2.28. The van der Waals surface area contributed by atoms with Gasteiger partial charge in [-0.1, -0.05) is 13.8 Å². The van der Waals surface area contributed by atoms with E-state index in [1.54, 1.807) is 0 Å². The molecule has 12 nitrogen and oxygen atoms in total. The maximum Gasteiger partial charge on any atom is 0.197 e. The van der Waals surface area contributed by atoms with Gasteiger partial charge in [0, 0.05) is 24.8 Å². The lowest BCUT2D eigenvalue weighted by molar-refractivity contribution is 0.454. The van der Waals surface area contributed by atoms with Gasteiger partial charge in [0.1, 0.15) is 17.5 Å². The Morgan fingerprint density at radius 3 is 1.66 bits per heavy atom. The summed E-state index contributed by atoms with van der Waals surface area (Å²) < 4.78 is 1.88. The summed E-state index contributed by atoms with van der Waals surface area (Å²) in [6.07, 6.45) is 1.39. The molecule has 3 aromatic rings. The number of rotatable bonds is 13. The summed E-state index contributed by atoms with van der Waals surface area (Å²) in [5, 5.41) is 0. The van der Waals surface area contributed by atoms with Gasteiger partial charge in [0.05, 0.1) is 0 Å². The Balaban J connectivity index is 1.98. The Morgan fingerprint density at radius 2 is 1.20 bits per heavy atom. The topological polar surface area (TPSA) is 149 Å². The van der Waals surface area contributed by atoms with Gasteiger partial charge in [-0.05, 0) is 53.1 Å². The highest BCUT2D eigenvalue weighted by atomic mass is 15.2. The second-order valence-corrected chi connectivity index (χ2v) is 8.18. The Morgan fingerprint density at radius 1 is 0.686 bits per heavy atom. The quantitative estimate of drug-likeness (QED) is 0.322. The predicted molar refractivity (Wildman–Crippen MR) is 144 cm³/mol. The average Bonchev–Trinajstić information content (AvgIpc) is 3.57. The molecule has 3 unspecified atom stereocenters. The molecule has 0 saturated heterocycles. The molecule has 0 fully saturated rings. The molecule has 3 heterocycles. The molecule has 0 aliphatic carbocycles. The normalized spacial score (nSPS) is 13.6. The third-order valence-electron chi connectivity index (χ3n) is 5.94. The van der Waals surface area contributed by atoms with Crippen LogP contribution in [-0.2, 0) is 7.05 Å². The van der Waals surface area contributed by atoms with E-state index < -0.39 is 0 Å². The van der Waals surface area contributed by atoms with Crippen molar-refractivity contribution in [2.75, 3.05) is 0 Å². The number of aliphatic imine (C=N–C) groups is 6. The van der Waals surface area contributed by atoms with Crippen LogP contribution in [0.2, 0.25) is 0 Å². The molecule has 3 aromatic heterocycles. The highest BCUT2D eigenvalue weighted by molar-refractivity contribution is 5.61. The minimum Gasteiger partial charge on any atom is -0.325 e. The van der Waals surface area contributed by atoms with E-state index in [0.717, 1.165) is 17.5 Å². The molecule has 3 rings (SSSR count). The summed E-state index contributed by atoms with van der Waals surface area (Å²) in [6, 6.07) is 0. The fourth-order valence-corrected chi connectivity index (χ4v) is 4.22. The molecule has 0 radical (unpaired) electrons. The lowest BCUT2D eigenvalue weighted by Gasteiger charge is -2.22. The van der Waals surface area contributed by atoms with Crippen molar-refractivity contribution >= 4 is 75.2 Å². The lowest BCUT2D eigenvalue weighted by Crippen LogP contribution is -2.13. The van der Waals surface area contributed by atoms with Crippen LogP contribution in [0.5, 0.6) is 0 Å². The van der Waals surface area contributed by atoms with Gasteiger partial charge in [0.15, 0.2) is 34.9 Å². The fourth-order valence-electron chi connectivity index (χ4n) is 4.22. The molecule has 0 spiro atoms. The number of nitrogens with zero attached hydrogens (tertiary/aromatic N) is 10. The van der Waals surface area contributed by atoms with E-state index in [2.05, 4.69) is 109 Å². The third kappa shape index (κ3) is 4.95. The molecular formula is C23H30N12. The first kappa shape index (κ1) is 25.3. The molecular weight excluding hydrogens is 444 g/mol. The van der Waals surface area contributed by atoms with Gasteiger partial charge in [-0.3, -0.25) is 0 Å². The van der Waals surface area contributed by atoms with Crippen molar-refractivity contribution in [3.8, 4) is 0 Å². The van der Waals surface area contributed by atoms with E-state index in [0.29, 0.717) is 47.7 Å². The number of aromatic nitrogens is 6. The molecule has 0 amide bonds. The number of H-pyrrole nitrogens is 2. The SMILES string of the molecule is C=Nc1nc(C(C)CC(CC(C)c2nc(N=C)c(N=C)n2C)c2nc(N=C)c(N=C)[nH]2)[nH]c1N=C. The molecule has 0 aliphatic heterocycles. The van der Waals surface area contributed by atoms with Crippen LogP contribution in [0.4, 0.5) is 34.9 Å². The van der Waals surface area contributed by atoms with E-state index in [1.807, 2.05) is 11.6 Å². The molecule has 0 saturated carbocycles. The first-order valence-corrected chi connectivity index (χ1v) is 10.9. The minimum atomic E-state index is -0.0432. The standard InChI is InChI=1S/C23H30N12/c1-12(15-30-17(24-3)18(25-4)31-15)10-14(16-32-19(26-5)20(27-6)33-16)11-13(2)22-34-21(28-7)23(29-8)35(22)9/h12-14H,3-8,10-11H2,1-2,9H3,(H,30,31)(H,32,33). The number of hydrogen-bond acceptors (Lipinski definition) is 9. The molecule has 0 aromatic carbocycles. The Hall–Kier alpha value is -4.35. The minimum absolute atomic E-state index is 0.00533. The van der Waals surface area contributed by atoms with Crippen LogP contribution < -0.4 is 0 Å². The Bertz CT molecular complexity index is 1220. The maximum absolute atomic E-state index is 4.64. The van der Waals surface area contributed by atoms with Crippen LogP contribution >= 0.6 is 0 Å². The van der Waals surface area contributed by atoms with Crippen LogP contribution in [0.3, 0.4) is 0 Å². The molecule has 182 valence electrons. The van der Waals surface area contributed by atoms with Crippen molar-refractivity contribution in [1.82, 2.24) is 29.5 Å². The molecule has 0 aliphatic rings. The largest absolute Gasteiger partial charge is 0.325 e. The van der Waals surface area contributed by atoms with Gasteiger partial charge >= 0.3 is 0 Å². The van der Waals surface area contributed by atoms with Gasteiger partial charge in [-0.25, -0.2) is 44.9 Å². The summed E-state index contributed by atoms with van der Waals surface area (Å²) in [7, 11) is 1.89. The monoisotopic (exact) mass is 474 g/mol. The van der Waals surface area contributed by atoms with E-state index in [4.69, 9.17) is 0 Å². The second kappa shape index (κ2) is 10.7. The van der Waals surface area contributed by atoms with Gasteiger partial charge in [-0.15, -0.1) is 0 Å². The molecule has 35 heavy (non-hydrogen) atoms. The van der Waals surface area contributed by atoms with Crippen molar-refractivity contribution in [3.63, 3.8) is 0 Å². The highest BCUT2D eigenvalue weighted by Crippen LogP contribution is 2.40. The predicted octanol–water partition coefficient (Wildman–Crippen LogP) is 5.33. The number of aromatic amines is 2. The average molecular weight is 475 g/mol. The van der Waals surface area contributed by atoms with Crippen LogP contribution in [0.1, 0.15) is 61.9 Å². The van der Waals surface area contributed by atoms with E-state index >= 15 is 0 Å². The number of hydrogen-bond donors (Lipinski definition) is 2. The van der Waals surface area contributed by atoms with Gasteiger partial charge in [-0.2, -0.15) is 0 Å². The smallest absolute Gasteiger partial charge is 0.197 e. The lowest BCUT2D eigenvalue weighted by atomic mass is 9.87.